The molecule has 0 N–H and O–H groups in total. The van der Waals surface area contributed by atoms with Crippen molar-refractivity contribution in [3.8, 4) is 39.1 Å². The molecule has 40 heavy (non-hydrogen) atoms. The van der Waals surface area contributed by atoms with Gasteiger partial charge in [-0.3, -0.25) is 0 Å². The highest BCUT2D eigenvalue weighted by Gasteiger charge is 2.45. The van der Waals surface area contributed by atoms with Crippen molar-refractivity contribution in [2.24, 2.45) is 0 Å². The lowest BCUT2D eigenvalue weighted by Crippen LogP contribution is -2.22. The van der Waals surface area contributed by atoms with Crippen LogP contribution in [0.3, 0.4) is 0 Å². The number of fused-ring (bicyclic) bond motifs is 6. The molecule has 0 fully saturated rings. The summed E-state index contributed by atoms with van der Waals surface area (Å²) in [5.74, 6) is 0. The Labute approximate surface area is 237 Å². The largest absolute Gasteiger partial charge is 0.308 e. The van der Waals surface area contributed by atoms with E-state index in [0.717, 1.165) is 10.6 Å². The van der Waals surface area contributed by atoms with Gasteiger partial charge in [-0.05, 0) is 64.6 Å². The summed E-state index contributed by atoms with van der Waals surface area (Å²) in [5.41, 5.74) is 14.6. The summed E-state index contributed by atoms with van der Waals surface area (Å²) < 4.78 is 2.48. The monoisotopic (exact) mass is 529 g/mol. The van der Waals surface area contributed by atoms with Crippen LogP contribution >= 0.6 is 11.6 Å². The Morgan fingerprint density at radius 1 is 0.575 bits per heavy atom. The van der Waals surface area contributed by atoms with Gasteiger partial charge in [-0.15, -0.1) is 0 Å². The summed E-state index contributed by atoms with van der Waals surface area (Å²) in [6.07, 6.45) is 0. The Balaban J connectivity index is 1.47. The average molecular weight is 530 g/mol. The van der Waals surface area contributed by atoms with Crippen LogP contribution in [0.15, 0.2) is 127 Å². The SMILES string of the molecule is CC1(c2cccc(-c3ccccc3)c2)c2ccc(Cl)c3c2-c2c1ccc1c4ccccc4n(c21)-c1ccccc1-3. The minimum Gasteiger partial charge on any atom is -0.308 e. The van der Waals surface area contributed by atoms with Crippen LogP contribution in [-0.2, 0) is 5.41 Å². The van der Waals surface area contributed by atoms with Crippen molar-refractivity contribution >= 4 is 33.4 Å². The summed E-state index contributed by atoms with van der Waals surface area (Å²) in [4.78, 5) is 0. The smallest absolute Gasteiger partial charge is 0.0623 e. The third kappa shape index (κ3) is 2.63. The molecule has 188 valence electrons. The van der Waals surface area contributed by atoms with Crippen molar-refractivity contribution in [2.45, 2.75) is 12.3 Å². The molecule has 2 heteroatoms. The van der Waals surface area contributed by atoms with E-state index in [2.05, 4.69) is 139 Å². The molecular formula is C38H24ClN. The van der Waals surface area contributed by atoms with Gasteiger partial charge in [0, 0.05) is 37.9 Å². The molecule has 1 atom stereocenters. The maximum Gasteiger partial charge on any atom is 0.0623 e. The maximum absolute atomic E-state index is 7.14. The lowest BCUT2D eigenvalue weighted by molar-refractivity contribution is 0.714. The standard InChI is InChI=1S/C38H24ClN/c1-38(25-13-9-12-24(22-25)23-10-3-2-4-11-23)29-20-21-31(39)34-28-15-6-8-17-33(28)40-32-16-7-5-14-26(32)27-18-19-30(38)36(35(29)34)37(27)40/h2-22H,1H3. The fraction of sp³-hybridized carbons (Fsp3) is 0.0526. The second-order valence-corrected chi connectivity index (χ2v) is 11.6. The van der Waals surface area contributed by atoms with Gasteiger partial charge in [0.05, 0.1) is 16.7 Å². The van der Waals surface area contributed by atoms with E-state index in [0.29, 0.717) is 0 Å². The molecule has 0 bridgehead atoms. The number of nitrogens with zero attached hydrogens (tertiary/aromatic N) is 1. The molecule has 0 spiro atoms. The number of rotatable bonds is 2. The normalized spacial score (nSPS) is 16.4. The number of benzene rings is 6. The first kappa shape index (κ1) is 22.2. The lowest BCUT2D eigenvalue weighted by atomic mass is 9.73. The van der Waals surface area contributed by atoms with Crippen LogP contribution in [0.5, 0.6) is 0 Å². The number of halogens is 1. The molecule has 1 aliphatic heterocycles. The van der Waals surface area contributed by atoms with E-state index in [-0.39, 0.29) is 5.41 Å². The van der Waals surface area contributed by atoms with Gasteiger partial charge in [-0.2, -0.15) is 0 Å². The van der Waals surface area contributed by atoms with Crippen molar-refractivity contribution in [1.29, 1.82) is 0 Å². The second kappa shape index (κ2) is 7.75. The van der Waals surface area contributed by atoms with Crippen molar-refractivity contribution in [3.05, 3.63) is 149 Å². The zero-order valence-corrected chi connectivity index (χ0v) is 22.7. The second-order valence-electron chi connectivity index (χ2n) is 11.2. The van der Waals surface area contributed by atoms with E-state index < -0.39 is 0 Å². The van der Waals surface area contributed by atoms with Gasteiger partial charge < -0.3 is 4.57 Å². The minimum absolute atomic E-state index is 0.337. The zero-order valence-electron chi connectivity index (χ0n) is 21.9. The molecule has 2 heterocycles. The van der Waals surface area contributed by atoms with Crippen molar-refractivity contribution in [1.82, 2.24) is 4.57 Å². The van der Waals surface area contributed by atoms with Gasteiger partial charge in [0.25, 0.3) is 0 Å². The number of para-hydroxylation sites is 2. The van der Waals surface area contributed by atoms with Crippen LogP contribution in [0, 0.1) is 0 Å². The first-order valence-electron chi connectivity index (χ1n) is 13.8. The molecule has 1 unspecified atom stereocenters. The fourth-order valence-electron chi connectivity index (χ4n) is 7.47. The van der Waals surface area contributed by atoms with E-state index in [1.807, 2.05) is 0 Å². The molecule has 1 aliphatic carbocycles. The first-order chi connectivity index (χ1) is 19.7. The van der Waals surface area contributed by atoms with Crippen LogP contribution in [0.1, 0.15) is 23.6 Å². The van der Waals surface area contributed by atoms with Gasteiger partial charge in [-0.1, -0.05) is 115 Å². The van der Waals surface area contributed by atoms with Crippen LogP contribution in [-0.4, -0.2) is 4.57 Å². The highest BCUT2D eigenvalue weighted by Crippen LogP contribution is 2.61. The first-order valence-corrected chi connectivity index (χ1v) is 14.2. The Morgan fingerprint density at radius 2 is 1.30 bits per heavy atom. The Morgan fingerprint density at radius 3 is 2.20 bits per heavy atom. The van der Waals surface area contributed by atoms with Crippen LogP contribution in [0.4, 0.5) is 0 Å². The fourth-order valence-corrected chi connectivity index (χ4v) is 7.73. The predicted octanol–water partition coefficient (Wildman–Crippen LogP) is 10.4. The molecule has 9 rings (SSSR count). The molecular weight excluding hydrogens is 506 g/mol. The van der Waals surface area contributed by atoms with E-state index in [1.54, 1.807) is 0 Å². The maximum atomic E-state index is 7.14. The molecule has 0 saturated carbocycles. The third-order valence-corrected chi connectivity index (χ3v) is 9.59. The molecule has 2 aliphatic rings. The Bertz CT molecular complexity index is 2190. The summed E-state index contributed by atoms with van der Waals surface area (Å²) in [5, 5.41) is 3.36. The summed E-state index contributed by atoms with van der Waals surface area (Å²) in [6, 6.07) is 46.4. The van der Waals surface area contributed by atoms with Gasteiger partial charge >= 0.3 is 0 Å². The van der Waals surface area contributed by atoms with Crippen LogP contribution in [0.2, 0.25) is 5.02 Å². The van der Waals surface area contributed by atoms with E-state index in [9.17, 15) is 0 Å². The molecule has 0 amide bonds. The van der Waals surface area contributed by atoms with Crippen molar-refractivity contribution in [3.63, 3.8) is 0 Å². The van der Waals surface area contributed by atoms with Gasteiger partial charge in [0.1, 0.15) is 0 Å². The van der Waals surface area contributed by atoms with E-state index >= 15 is 0 Å². The van der Waals surface area contributed by atoms with Gasteiger partial charge in [0.2, 0.25) is 0 Å². The Hall–Kier alpha value is -4.59. The average Bonchev–Trinajstić information content (AvgIpc) is 3.43. The molecule has 7 aromatic rings. The van der Waals surface area contributed by atoms with E-state index in [1.165, 1.54) is 72.0 Å². The van der Waals surface area contributed by atoms with Gasteiger partial charge in [0.15, 0.2) is 0 Å². The molecule has 1 nitrogen and oxygen atoms in total. The molecule has 0 radical (unpaired) electrons. The van der Waals surface area contributed by atoms with Crippen molar-refractivity contribution in [2.75, 3.05) is 0 Å². The summed E-state index contributed by atoms with van der Waals surface area (Å²) in [6.45, 7) is 2.39. The highest BCUT2D eigenvalue weighted by molar-refractivity contribution is 6.35. The highest BCUT2D eigenvalue weighted by atomic mass is 35.5. The molecule has 1 aromatic heterocycles. The number of aromatic nitrogens is 1. The third-order valence-electron chi connectivity index (χ3n) is 9.28. The zero-order chi connectivity index (χ0) is 26.6. The lowest BCUT2D eigenvalue weighted by Gasteiger charge is -2.29. The number of hydrogen-bond acceptors (Lipinski definition) is 0. The quantitative estimate of drug-likeness (QED) is 0.210. The predicted molar refractivity (Wildman–Crippen MR) is 168 cm³/mol. The van der Waals surface area contributed by atoms with Gasteiger partial charge in [-0.25, -0.2) is 0 Å². The Kier molecular flexibility index (Phi) is 4.31. The van der Waals surface area contributed by atoms with Crippen LogP contribution < -0.4 is 0 Å². The van der Waals surface area contributed by atoms with Crippen molar-refractivity contribution < 1.29 is 0 Å². The topological polar surface area (TPSA) is 4.93 Å². The molecule has 0 saturated heterocycles. The molecule has 6 aromatic carbocycles. The van der Waals surface area contributed by atoms with E-state index in [4.69, 9.17) is 11.6 Å². The summed E-state index contributed by atoms with van der Waals surface area (Å²) in [7, 11) is 0. The minimum atomic E-state index is -0.337. The van der Waals surface area contributed by atoms with Crippen LogP contribution in [0.25, 0.3) is 60.9 Å². The number of hydrogen-bond donors (Lipinski definition) is 0. The summed E-state index contributed by atoms with van der Waals surface area (Å²) >= 11 is 7.14.